The van der Waals surface area contributed by atoms with Crippen molar-refractivity contribution in [2.75, 3.05) is 0 Å². The number of rotatable bonds is 2. The van der Waals surface area contributed by atoms with Gasteiger partial charge in [0, 0.05) is 10.9 Å². The lowest BCUT2D eigenvalue weighted by atomic mass is 9.85. The third-order valence-corrected chi connectivity index (χ3v) is 7.79. The number of hydrogen-bond donors (Lipinski definition) is 1. The molecular weight excluding hydrogens is 520 g/mol. The number of fused-ring (bicyclic) bond motifs is 1. The van der Waals surface area contributed by atoms with Crippen LogP contribution in [0.2, 0.25) is 0 Å². The van der Waals surface area contributed by atoms with Crippen molar-refractivity contribution in [2.45, 2.75) is 0 Å². The highest BCUT2D eigenvalue weighted by molar-refractivity contribution is 6.28. The number of aromatic hydroxyl groups is 1. The first-order chi connectivity index (χ1) is 30.9. The lowest BCUT2D eigenvalue weighted by Gasteiger charge is -2.19. The molecule has 0 fully saturated rings. The van der Waals surface area contributed by atoms with Crippen LogP contribution in [0.15, 0.2) is 139 Å². The van der Waals surface area contributed by atoms with Gasteiger partial charge in [0.25, 0.3) is 0 Å². The minimum atomic E-state index is -1.14. The molecule has 43 heavy (non-hydrogen) atoms. The van der Waals surface area contributed by atoms with Gasteiger partial charge in [-0.3, -0.25) is 0 Å². The summed E-state index contributed by atoms with van der Waals surface area (Å²) in [5, 5.41) is 6.18. The Balaban J connectivity index is 1.55. The quantitative estimate of drug-likeness (QED) is 0.206. The average molecular weight is 568 g/mol. The first kappa shape index (κ1) is 10.3. The molecule has 1 N–H and O–H groups in total. The molecule has 0 heterocycles. The molecular formula is C42H24O. The third-order valence-electron chi connectivity index (χ3n) is 7.79. The summed E-state index contributed by atoms with van der Waals surface area (Å²) in [5.74, 6) is -1.14. The van der Waals surface area contributed by atoms with E-state index in [0.29, 0.717) is 0 Å². The highest BCUT2D eigenvalue weighted by atomic mass is 16.3. The molecule has 10 aromatic carbocycles. The fraction of sp³-hybridized carbons (Fsp3) is 0. The van der Waals surface area contributed by atoms with Crippen LogP contribution in [0.4, 0.5) is 0 Å². The van der Waals surface area contributed by atoms with Gasteiger partial charge in [0.05, 0.1) is 31.5 Å². The molecule has 0 atom stereocenters. The normalized spacial score (nSPS) is 19.8. The molecule has 0 radical (unpaired) electrons. The van der Waals surface area contributed by atoms with Crippen LogP contribution in [0.5, 0.6) is 5.75 Å². The predicted molar refractivity (Wildman–Crippen MR) is 184 cm³/mol. The summed E-state index contributed by atoms with van der Waals surface area (Å²) >= 11 is 0. The number of benzene rings is 10. The molecule has 0 bridgehead atoms. The summed E-state index contributed by atoms with van der Waals surface area (Å²) in [5.41, 5.74) is -2.97. The van der Waals surface area contributed by atoms with Gasteiger partial charge in [-0.25, -0.2) is 0 Å². The Kier molecular flexibility index (Phi) is 1.96. The van der Waals surface area contributed by atoms with Crippen LogP contribution < -0.4 is 0 Å². The van der Waals surface area contributed by atoms with Crippen molar-refractivity contribution in [1.82, 2.24) is 0 Å². The maximum absolute atomic E-state index is 12.5. The Morgan fingerprint density at radius 2 is 0.744 bits per heavy atom. The first-order valence-electron chi connectivity index (χ1n) is 24.5. The largest absolute Gasteiger partial charge is 0.507 e. The molecule has 0 saturated carbocycles. The zero-order valence-corrected chi connectivity index (χ0v) is 21.4. The second kappa shape index (κ2) is 8.21. The van der Waals surface area contributed by atoms with Gasteiger partial charge in [-0.2, -0.15) is 0 Å². The summed E-state index contributed by atoms with van der Waals surface area (Å²) in [6, 6.07) is -18.6. The van der Waals surface area contributed by atoms with Gasteiger partial charge >= 0.3 is 0 Å². The van der Waals surface area contributed by atoms with Gasteiger partial charge < -0.3 is 5.11 Å². The zero-order valence-electron chi connectivity index (χ0n) is 44.4. The van der Waals surface area contributed by atoms with Crippen LogP contribution in [-0.4, -0.2) is 5.11 Å². The molecule has 1 heteroatoms. The second-order valence-electron chi connectivity index (χ2n) is 9.97. The molecule has 10 rings (SSSR count). The summed E-state index contributed by atoms with van der Waals surface area (Å²) in [6.45, 7) is 0. The molecule has 0 amide bonds. The lowest BCUT2D eigenvalue weighted by Crippen LogP contribution is -1.92. The number of phenolic OH excluding ortho intramolecular Hbond substituents is 1. The molecule has 0 aromatic heterocycles. The van der Waals surface area contributed by atoms with Crippen molar-refractivity contribution >= 4 is 75.4 Å². The summed E-state index contributed by atoms with van der Waals surface area (Å²) in [7, 11) is 0. The zero-order chi connectivity index (χ0) is 48.2. The Labute approximate surface area is 279 Å². The van der Waals surface area contributed by atoms with Gasteiger partial charge in [0.2, 0.25) is 0 Å². The Morgan fingerprint density at radius 3 is 1.28 bits per heavy atom. The van der Waals surface area contributed by atoms with Gasteiger partial charge in [-0.15, -0.1) is 0 Å². The molecule has 0 aliphatic heterocycles. The van der Waals surface area contributed by atoms with Crippen LogP contribution in [0.25, 0.3) is 97.7 Å². The molecule has 0 saturated heterocycles. The summed E-state index contributed by atoms with van der Waals surface area (Å²) in [4.78, 5) is 0. The molecule has 10 aromatic rings. The predicted octanol–water partition coefficient (Wildman–Crippen LogP) is 11.7. The van der Waals surface area contributed by atoms with Crippen molar-refractivity contribution in [3.63, 3.8) is 0 Å². The SMILES string of the molecule is [2H]c1c([2H])c([2H])c2c(-c3c([2H])c([2H])c4c([2H])c([2H])c5c([2H])c([2H])c([2H])c6c([2H])c([2H])c3c4c56)c([2H])c(-c3c([2H])c([2H])c4c([2H])c([2H])c5c([2H])c([2H])c([2H])c6c([2H])c([2H])c3c4c56)c(O)c2c1[2H]. The van der Waals surface area contributed by atoms with E-state index in [-0.39, 0.29) is 21.5 Å². The van der Waals surface area contributed by atoms with Gasteiger partial charge in [-0.05, 0) is 92.8 Å². The van der Waals surface area contributed by atoms with Crippen molar-refractivity contribution in [1.29, 1.82) is 0 Å². The van der Waals surface area contributed by atoms with E-state index in [1.165, 1.54) is 0 Å². The average Bonchev–Trinajstić information content (AvgIpc) is 3.27. The molecule has 0 unspecified atom stereocenters. The summed E-state index contributed by atoms with van der Waals surface area (Å²) < 4.78 is 208. The highest BCUT2D eigenvalue weighted by Gasteiger charge is 2.20. The van der Waals surface area contributed by atoms with E-state index in [4.69, 9.17) is 21.9 Å². The van der Waals surface area contributed by atoms with Crippen LogP contribution >= 0.6 is 0 Å². The van der Waals surface area contributed by atoms with Gasteiger partial charge in [0.1, 0.15) is 5.75 Å². The molecule has 198 valence electrons. The van der Waals surface area contributed by atoms with E-state index in [9.17, 15) is 14.7 Å². The molecule has 1 nitrogen and oxygen atoms in total. The topological polar surface area (TPSA) is 20.2 Å². The van der Waals surface area contributed by atoms with Gasteiger partial charge in [-0.1, -0.05) is 133 Å². The van der Waals surface area contributed by atoms with E-state index < -0.39 is 221 Å². The molecule has 0 spiro atoms. The van der Waals surface area contributed by atoms with E-state index in [0.717, 1.165) is 0 Å². The fourth-order valence-corrected chi connectivity index (χ4v) is 5.92. The number of hydrogen-bond acceptors (Lipinski definition) is 1. The smallest absolute Gasteiger partial charge is 0.131 e. The van der Waals surface area contributed by atoms with Crippen LogP contribution in [0, 0.1) is 0 Å². The Hall–Kier alpha value is -5.66. The van der Waals surface area contributed by atoms with Crippen LogP contribution in [0.1, 0.15) is 31.5 Å². The maximum Gasteiger partial charge on any atom is 0.131 e. The first-order valence-corrected chi connectivity index (χ1v) is 13.0. The minimum Gasteiger partial charge on any atom is -0.507 e. The highest BCUT2D eigenvalue weighted by Crippen LogP contribution is 2.48. The van der Waals surface area contributed by atoms with Crippen molar-refractivity contribution in [3.8, 4) is 28.0 Å². The minimum absolute atomic E-state index is 0.279. The molecule has 0 aliphatic carbocycles. The van der Waals surface area contributed by atoms with E-state index in [1.54, 1.807) is 0 Å². The van der Waals surface area contributed by atoms with Crippen molar-refractivity contribution in [2.24, 2.45) is 0 Å². The van der Waals surface area contributed by atoms with Gasteiger partial charge in [0.15, 0.2) is 0 Å². The van der Waals surface area contributed by atoms with E-state index in [1.807, 2.05) is 0 Å². The third kappa shape index (κ3) is 3.01. The Bertz CT molecular complexity index is 3980. The number of phenols is 1. The van der Waals surface area contributed by atoms with Crippen LogP contribution in [0.3, 0.4) is 0 Å². The monoisotopic (exact) mass is 567 g/mol. The lowest BCUT2D eigenvalue weighted by molar-refractivity contribution is 0.483. The Morgan fingerprint density at radius 1 is 0.326 bits per heavy atom. The molecule has 0 aliphatic rings. The fourth-order valence-electron chi connectivity index (χ4n) is 5.92. The standard InChI is InChI=1S/C42H24O/c43-42-35-10-2-1-9-30(35)36(31-19-15-28-13-11-24-5-3-7-26-17-21-33(31)40(28)38(24)26)23-37(42)32-20-16-29-14-12-25-6-4-8-27-18-22-34(32)41(29)39(25)27/h1-23,43H/i1D,2D,3D,4D,5D,6D,7D,8D,9D,10D,11D,12D,13D,14D,15D,16D,17D,18D,19D,20D,21D,22D,23D. The van der Waals surface area contributed by atoms with E-state index >= 15 is 0 Å². The van der Waals surface area contributed by atoms with Crippen molar-refractivity contribution < 1.29 is 36.6 Å². The second-order valence-corrected chi connectivity index (χ2v) is 9.97. The maximum atomic E-state index is 12.5. The summed E-state index contributed by atoms with van der Waals surface area (Å²) in [6.07, 6.45) is 0. The van der Waals surface area contributed by atoms with Crippen molar-refractivity contribution in [3.05, 3.63) is 139 Å². The van der Waals surface area contributed by atoms with Crippen LogP contribution in [-0.2, 0) is 0 Å². The van der Waals surface area contributed by atoms with E-state index in [2.05, 4.69) is 0 Å².